The molecule has 4 rings (SSSR count). The SMILES string of the molecule is Cc1nc(NC2CCC(C(=O)c3ccc(F)c(F)c3)CC2)cc2c1NC(=O)[C@H](C(C)C)N2C. The molecule has 2 N–H and O–H groups in total. The highest BCUT2D eigenvalue weighted by Crippen LogP contribution is 2.37. The molecule has 1 aliphatic heterocycles. The lowest BCUT2D eigenvalue weighted by Crippen LogP contribution is -2.49. The molecule has 1 atom stereocenters. The first-order valence-corrected chi connectivity index (χ1v) is 11.5. The number of nitrogens with zero attached hydrogens (tertiary/aromatic N) is 2. The molecule has 176 valence electrons. The highest BCUT2D eigenvalue weighted by atomic mass is 19.2. The number of rotatable bonds is 5. The van der Waals surface area contributed by atoms with E-state index in [0.717, 1.165) is 47.9 Å². The van der Waals surface area contributed by atoms with Crippen molar-refractivity contribution < 1.29 is 18.4 Å². The molecule has 2 aliphatic rings. The lowest BCUT2D eigenvalue weighted by atomic mass is 9.81. The number of benzene rings is 1. The second-order valence-corrected chi connectivity index (χ2v) is 9.46. The molecular weight excluding hydrogens is 426 g/mol. The topological polar surface area (TPSA) is 74.3 Å². The zero-order chi connectivity index (χ0) is 23.9. The summed E-state index contributed by atoms with van der Waals surface area (Å²) >= 11 is 0. The predicted octanol–water partition coefficient (Wildman–Crippen LogP) is 4.93. The van der Waals surface area contributed by atoms with Crippen molar-refractivity contribution in [1.29, 1.82) is 0 Å². The molecule has 33 heavy (non-hydrogen) atoms. The smallest absolute Gasteiger partial charge is 0.247 e. The summed E-state index contributed by atoms with van der Waals surface area (Å²) in [5, 5.41) is 6.50. The first-order valence-electron chi connectivity index (χ1n) is 11.5. The van der Waals surface area contributed by atoms with Crippen LogP contribution in [0.3, 0.4) is 0 Å². The van der Waals surface area contributed by atoms with Crippen molar-refractivity contribution in [3.8, 4) is 0 Å². The van der Waals surface area contributed by atoms with E-state index in [0.29, 0.717) is 12.8 Å². The lowest BCUT2D eigenvalue weighted by molar-refractivity contribution is -0.118. The molecule has 1 saturated carbocycles. The van der Waals surface area contributed by atoms with Crippen LogP contribution in [0, 0.1) is 30.4 Å². The van der Waals surface area contributed by atoms with Gasteiger partial charge < -0.3 is 15.5 Å². The average Bonchev–Trinajstić information content (AvgIpc) is 2.76. The summed E-state index contributed by atoms with van der Waals surface area (Å²) in [6.45, 7) is 5.93. The van der Waals surface area contributed by atoms with Crippen molar-refractivity contribution >= 4 is 28.9 Å². The molecule has 1 amide bonds. The molecule has 0 saturated heterocycles. The van der Waals surface area contributed by atoms with Crippen LogP contribution in [0.2, 0.25) is 0 Å². The predicted molar refractivity (Wildman–Crippen MR) is 125 cm³/mol. The van der Waals surface area contributed by atoms with Gasteiger partial charge in [-0.25, -0.2) is 13.8 Å². The number of carbonyl (C=O) groups is 2. The van der Waals surface area contributed by atoms with Crippen molar-refractivity contribution in [3.05, 3.63) is 47.2 Å². The van der Waals surface area contributed by atoms with Gasteiger partial charge in [-0.05, 0) is 56.7 Å². The maximum atomic E-state index is 13.5. The van der Waals surface area contributed by atoms with E-state index in [1.807, 2.05) is 38.8 Å². The monoisotopic (exact) mass is 456 g/mol. The molecule has 1 aromatic carbocycles. The molecule has 8 heteroatoms. The number of hydrogen-bond donors (Lipinski definition) is 2. The van der Waals surface area contributed by atoms with Gasteiger partial charge in [-0.1, -0.05) is 13.8 Å². The van der Waals surface area contributed by atoms with Crippen LogP contribution in [0.1, 0.15) is 55.6 Å². The summed E-state index contributed by atoms with van der Waals surface area (Å²) in [5.74, 6) is -1.38. The number of halogens is 2. The van der Waals surface area contributed by atoms with Gasteiger partial charge in [0.25, 0.3) is 0 Å². The number of aryl methyl sites for hydroxylation is 1. The van der Waals surface area contributed by atoms with Gasteiger partial charge in [0.15, 0.2) is 17.4 Å². The van der Waals surface area contributed by atoms with Crippen LogP contribution in [0.5, 0.6) is 0 Å². The van der Waals surface area contributed by atoms with E-state index in [1.165, 1.54) is 6.07 Å². The number of fused-ring (bicyclic) bond motifs is 1. The zero-order valence-corrected chi connectivity index (χ0v) is 19.4. The average molecular weight is 457 g/mol. The number of carbonyl (C=O) groups excluding carboxylic acids is 2. The van der Waals surface area contributed by atoms with Crippen molar-refractivity contribution in [2.24, 2.45) is 11.8 Å². The van der Waals surface area contributed by atoms with Gasteiger partial charge in [-0.2, -0.15) is 0 Å². The van der Waals surface area contributed by atoms with Crippen LogP contribution >= 0.6 is 0 Å². The number of anilines is 3. The Bertz CT molecular complexity index is 1080. The third-order valence-electron chi connectivity index (χ3n) is 6.78. The first kappa shape index (κ1) is 23.1. The molecule has 6 nitrogen and oxygen atoms in total. The summed E-state index contributed by atoms with van der Waals surface area (Å²) < 4.78 is 26.7. The molecule has 1 aliphatic carbocycles. The number of ketones is 1. The highest BCUT2D eigenvalue weighted by molar-refractivity contribution is 6.04. The number of amides is 1. The van der Waals surface area contributed by atoms with Crippen molar-refractivity contribution in [1.82, 2.24) is 4.98 Å². The largest absolute Gasteiger partial charge is 0.367 e. The van der Waals surface area contributed by atoms with Gasteiger partial charge in [0.05, 0.1) is 17.1 Å². The summed E-state index contributed by atoms with van der Waals surface area (Å²) in [6, 6.07) is 5.23. The highest BCUT2D eigenvalue weighted by Gasteiger charge is 2.34. The number of Topliss-reactive ketones (excluding diaryl/α,β-unsaturated/α-hetero) is 1. The molecular formula is C25H30F2N4O2. The molecule has 1 aromatic heterocycles. The quantitative estimate of drug-likeness (QED) is 0.624. The van der Waals surface area contributed by atoms with E-state index in [-0.39, 0.29) is 41.2 Å². The number of hydrogen-bond acceptors (Lipinski definition) is 5. The molecule has 0 spiro atoms. The molecule has 0 bridgehead atoms. The normalized spacial score (nSPS) is 22.7. The fourth-order valence-corrected chi connectivity index (χ4v) is 5.03. The summed E-state index contributed by atoms with van der Waals surface area (Å²) in [7, 11) is 1.93. The van der Waals surface area contributed by atoms with Crippen LogP contribution in [-0.4, -0.2) is 35.8 Å². The Morgan fingerprint density at radius 1 is 1.15 bits per heavy atom. The van der Waals surface area contributed by atoms with Gasteiger partial charge in [0, 0.05) is 30.6 Å². The van der Waals surface area contributed by atoms with E-state index < -0.39 is 11.6 Å². The third-order valence-corrected chi connectivity index (χ3v) is 6.78. The van der Waals surface area contributed by atoms with Gasteiger partial charge in [-0.3, -0.25) is 9.59 Å². The molecule has 2 heterocycles. The van der Waals surface area contributed by atoms with E-state index >= 15 is 0 Å². The second-order valence-electron chi connectivity index (χ2n) is 9.46. The minimum Gasteiger partial charge on any atom is -0.367 e. The van der Waals surface area contributed by atoms with E-state index in [9.17, 15) is 18.4 Å². The van der Waals surface area contributed by atoms with Crippen molar-refractivity contribution in [2.75, 3.05) is 22.6 Å². The minimum atomic E-state index is -0.995. The summed E-state index contributed by atoms with van der Waals surface area (Å²) in [5.41, 5.74) is 2.65. The van der Waals surface area contributed by atoms with Crippen LogP contribution in [0.15, 0.2) is 24.3 Å². The Labute approximate surface area is 192 Å². The summed E-state index contributed by atoms with van der Waals surface area (Å²) in [4.78, 5) is 31.9. The number of likely N-dealkylation sites (N-methyl/N-ethyl adjacent to an activating group) is 1. The maximum Gasteiger partial charge on any atom is 0.247 e. The van der Waals surface area contributed by atoms with Crippen LogP contribution in [0.4, 0.5) is 26.0 Å². The van der Waals surface area contributed by atoms with Gasteiger partial charge in [-0.15, -0.1) is 0 Å². The Morgan fingerprint density at radius 3 is 2.48 bits per heavy atom. The third kappa shape index (κ3) is 4.56. The lowest BCUT2D eigenvalue weighted by Gasteiger charge is -2.38. The first-order chi connectivity index (χ1) is 15.7. The Kier molecular flexibility index (Phi) is 6.36. The van der Waals surface area contributed by atoms with Gasteiger partial charge >= 0.3 is 0 Å². The Morgan fingerprint density at radius 2 is 1.85 bits per heavy atom. The standard InChI is InChI=1S/C25H30F2N4O2/c1-13(2)23-25(33)30-22-14(3)28-21(12-20(22)31(23)4)29-17-8-5-15(6-9-17)24(32)16-7-10-18(26)19(27)11-16/h7,10-13,15,17,23H,5-6,8-9H2,1-4H3,(H,28,29)(H,30,33)/t15?,17?,23-/m0/s1. The van der Waals surface area contributed by atoms with Crippen LogP contribution in [-0.2, 0) is 4.79 Å². The second kappa shape index (κ2) is 9.08. The molecule has 2 aromatic rings. The van der Waals surface area contributed by atoms with Crippen LogP contribution in [0.25, 0.3) is 0 Å². The number of aromatic nitrogens is 1. The fraction of sp³-hybridized carbons (Fsp3) is 0.480. The van der Waals surface area contributed by atoms with E-state index in [4.69, 9.17) is 0 Å². The number of pyridine rings is 1. The summed E-state index contributed by atoms with van der Waals surface area (Å²) in [6.07, 6.45) is 2.90. The van der Waals surface area contributed by atoms with Gasteiger partial charge in [0.1, 0.15) is 11.9 Å². The van der Waals surface area contributed by atoms with Crippen molar-refractivity contribution in [2.45, 2.75) is 58.5 Å². The van der Waals surface area contributed by atoms with E-state index in [2.05, 4.69) is 15.6 Å². The Balaban J connectivity index is 1.43. The Hall–Kier alpha value is -3.03. The van der Waals surface area contributed by atoms with Crippen molar-refractivity contribution in [3.63, 3.8) is 0 Å². The minimum absolute atomic E-state index is 0.0189. The number of nitrogens with one attached hydrogen (secondary N) is 2. The molecule has 1 fully saturated rings. The zero-order valence-electron chi connectivity index (χ0n) is 19.4. The maximum absolute atomic E-state index is 13.5. The fourth-order valence-electron chi connectivity index (χ4n) is 5.03. The van der Waals surface area contributed by atoms with E-state index in [1.54, 1.807) is 0 Å². The van der Waals surface area contributed by atoms with Gasteiger partial charge in [0.2, 0.25) is 5.91 Å². The molecule has 0 radical (unpaired) electrons. The molecule has 0 unspecified atom stereocenters. The van der Waals surface area contributed by atoms with Crippen LogP contribution < -0.4 is 15.5 Å².